The van der Waals surface area contributed by atoms with E-state index in [1.807, 2.05) is 13.0 Å². The Bertz CT molecular complexity index is 1270. The van der Waals surface area contributed by atoms with Gasteiger partial charge in [-0.25, -0.2) is 13.1 Å². The molecule has 1 aliphatic carbocycles. The molecule has 0 spiro atoms. The summed E-state index contributed by atoms with van der Waals surface area (Å²) in [5, 5.41) is 3.21. The van der Waals surface area contributed by atoms with Gasteiger partial charge in [0.25, 0.3) is 5.91 Å². The zero-order chi connectivity index (χ0) is 27.7. The molecule has 1 aromatic carbocycles. The quantitative estimate of drug-likeness (QED) is 0.387. The molecule has 2 N–H and O–H groups in total. The first-order chi connectivity index (χ1) is 17.9. The van der Waals surface area contributed by atoms with Gasteiger partial charge in [-0.15, -0.1) is 0 Å². The fourth-order valence-electron chi connectivity index (χ4n) is 5.38. The van der Waals surface area contributed by atoms with Crippen molar-refractivity contribution < 1.29 is 13.2 Å². The number of aromatic nitrogens is 1. The van der Waals surface area contributed by atoms with Gasteiger partial charge in [-0.05, 0) is 84.2 Å². The summed E-state index contributed by atoms with van der Waals surface area (Å²) >= 11 is 13.4. The average molecular weight is 584 g/mol. The first kappa shape index (κ1) is 29.4. The summed E-state index contributed by atoms with van der Waals surface area (Å²) in [6, 6.07) is 5.07. The van der Waals surface area contributed by atoms with Gasteiger partial charge in [-0.2, -0.15) is 0 Å². The summed E-state index contributed by atoms with van der Waals surface area (Å²) in [6.45, 7) is 11.7. The molecule has 2 aromatic rings. The highest BCUT2D eigenvalue weighted by Crippen LogP contribution is 2.40. The molecule has 1 aliphatic heterocycles. The van der Waals surface area contributed by atoms with E-state index in [0.29, 0.717) is 23.6 Å². The van der Waals surface area contributed by atoms with Gasteiger partial charge in [0.15, 0.2) is 0 Å². The van der Waals surface area contributed by atoms with Gasteiger partial charge in [-0.3, -0.25) is 4.79 Å². The molecule has 38 heavy (non-hydrogen) atoms. The number of carbonyl (C=O) groups is 1. The predicted molar refractivity (Wildman–Crippen MR) is 155 cm³/mol. The smallest absolute Gasteiger partial charge is 0.253 e. The van der Waals surface area contributed by atoms with E-state index in [0.717, 1.165) is 50.4 Å². The Kier molecular flexibility index (Phi) is 9.20. The van der Waals surface area contributed by atoms with Crippen LogP contribution in [0.1, 0.15) is 75.3 Å². The Hall–Kier alpha value is -1.58. The summed E-state index contributed by atoms with van der Waals surface area (Å²) in [5.41, 5.74) is 2.21. The third-order valence-electron chi connectivity index (χ3n) is 7.49. The molecule has 7 nitrogen and oxygen atoms in total. The Morgan fingerprint density at radius 2 is 1.74 bits per heavy atom. The van der Waals surface area contributed by atoms with E-state index in [-0.39, 0.29) is 20.8 Å². The normalized spacial score (nSPS) is 17.4. The van der Waals surface area contributed by atoms with Gasteiger partial charge in [0.2, 0.25) is 10.0 Å². The van der Waals surface area contributed by atoms with Crippen LogP contribution in [-0.4, -0.2) is 55.5 Å². The number of carbonyl (C=O) groups excluding carboxylic acids is 1. The maximum Gasteiger partial charge on any atom is 0.253 e. The van der Waals surface area contributed by atoms with Crippen LogP contribution in [0, 0.1) is 12.8 Å². The number of amides is 1. The SMILES string of the molecule is Cc1c(C(=O)NCCN2CCC2)cc(-c2ccc(S(=O)(=O)NC(C)(C)C)c(Cl)c2Cl)n1CC1CCCCC1. The molecule has 2 aliphatic rings. The van der Waals surface area contributed by atoms with E-state index in [9.17, 15) is 13.2 Å². The first-order valence-electron chi connectivity index (χ1n) is 13.6. The summed E-state index contributed by atoms with van der Waals surface area (Å²) < 4.78 is 30.8. The monoisotopic (exact) mass is 582 g/mol. The number of benzene rings is 1. The van der Waals surface area contributed by atoms with Gasteiger partial charge in [0.1, 0.15) is 4.90 Å². The van der Waals surface area contributed by atoms with Crippen molar-refractivity contribution in [3.8, 4) is 11.3 Å². The number of halogens is 2. The molecule has 10 heteroatoms. The van der Waals surface area contributed by atoms with E-state index < -0.39 is 15.6 Å². The molecule has 0 bridgehead atoms. The molecule has 2 fully saturated rings. The molecular formula is C28H40Cl2N4O3S. The van der Waals surface area contributed by atoms with Crippen molar-refractivity contribution in [1.82, 2.24) is 19.5 Å². The average Bonchev–Trinajstić information content (AvgIpc) is 3.12. The minimum atomic E-state index is -3.88. The van der Waals surface area contributed by atoms with Gasteiger partial charge >= 0.3 is 0 Å². The van der Waals surface area contributed by atoms with Gasteiger partial charge in [0.05, 0.1) is 21.3 Å². The molecular weight excluding hydrogens is 543 g/mol. The number of nitrogens with zero attached hydrogens (tertiary/aromatic N) is 2. The molecule has 0 radical (unpaired) electrons. The molecule has 0 unspecified atom stereocenters. The third kappa shape index (κ3) is 6.76. The van der Waals surface area contributed by atoms with Crippen LogP contribution in [0.3, 0.4) is 0 Å². The lowest BCUT2D eigenvalue weighted by Gasteiger charge is -2.30. The second-order valence-corrected chi connectivity index (χ2v) is 14.1. The van der Waals surface area contributed by atoms with Gasteiger partial charge < -0.3 is 14.8 Å². The van der Waals surface area contributed by atoms with Crippen molar-refractivity contribution in [2.24, 2.45) is 5.92 Å². The van der Waals surface area contributed by atoms with Crippen molar-refractivity contribution in [2.45, 2.75) is 83.2 Å². The van der Waals surface area contributed by atoms with E-state index in [4.69, 9.17) is 23.2 Å². The zero-order valence-electron chi connectivity index (χ0n) is 22.9. The van der Waals surface area contributed by atoms with E-state index in [1.165, 1.54) is 31.7 Å². The van der Waals surface area contributed by atoms with Crippen LogP contribution in [0.5, 0.6) is 0 Å². The van der Waals surface area contributed by atoms with Crippen LogP contribution in [0.4, 0.5) is 0 Å². The fourth-order valence-corrected chi connectivity index (χ4v) is 7.67. The maximum atomic E-state index is 13.2. The highest BCUT2D eigenvalue weighted by atomic mass is 35.5. The molecule has 1 aromatic heterocycles. The van der Waals surface area contributed by atoms with Crippen LogP contribution in [0.2, 0.25) is 10.0 Å². The van der Waals surface area contributed by atoms with Crippen LogP contribution in [0.15, 0.2) is 23.1 Å². The van der Waals surface area contributed by atoms with Crippen LogP contribution in [0.25, 0.3) is 11.3 Å². The van der Waals surface area contributed by atoms with Crippen LogP contribution in [-0.2, 0) is 16.6 Å². The lowest BCUT2D eigenvalue weighted by Crippen LogP contribution is -2.42. The zero-order valence-corrected chi connectivity index (χ0v) is 25.2. The van der Waals surface area contributed by atoms with Crippen LogP contribution >= 0.6 is 23.2 Å². The van der Waals surface area contributed by atoms with Crippen molar-refractivity contribution in [2.75, 3.05) is 26.2 Å². The van der Waals surface area contributed by atoms with E-state index in [2.05, 4.69) is 19.5 Å². The number of hydrogen-bond acceptors (Lipinski definition) is 4. The largest absolute Gasteiger partial charge is 0.351 e. The number of sulfonamides is 1. The van der Waals surface area contributed by atoms with E-state index >= 15 is 0 Å². The van der Waals surface area contributed by atoms with E-state index in [1.54, 1.807) is 26.8 Å². The number of nitrogens with one attached hydrogen (secondary N) is 2. The maximum absolute atomic E-state index is 13.2. The molecule has 1 saturated heterocycles. The van der Waals surface area contributed by atoms with Gasteiger partial charge in [-0.1, -0.05) is 42.5 Å². The van der Waals surface area contributed by atoms with Gasteiger partial charge in [0, 0.05) is 36.4 Å². The summed E-state index contributed by atoms with van der Waals surface area (Å²) in [6.07, 6.45) is 7.21. The number of likely N-dealkylation sites (tertiary alicyclic amines) is 1. The predicted octanol–water partition coefficient (Wildman–Crippen LogP) is 5.86. The molecule has 1 amide bonds. The third-order valence-corrected chi connectivity index (χ3v) is 10.3. The summed E-state index contributed by atoms with van der Waals surface area (Å²) in [5.74, 6) is 0.406. The summed E-state index contributed by atoms with van der Waals surface area (Å²) in [4.78, 5) is 15.5. The molecule has 210 valence electrons. The van der Waals surface area contributed by atoms with Crippen LogP contribution < -0.4 is 10.0 Å². The lowest BCUT2D eigenvalue weighted by atomic mass is 9.89. The van der Waals surface area contributed by atoms with Crippen molar-refractivity contribution in [3.05, 3.63) is 39.5 Å². The Labute approximate surface area is 237 Å². The lowest BCUT2D eigenvalue weighted by molar-refractivity contribution is 0.0940. The second-order valence-electron chi connectivity index (χ2n) is 11.7. The van der Waals surface area contributed by atoms with Crippen molar-refractivity contribution in [1.29, 1.82) is 0 Å². The number of rotatable bonds is 9. The topological polar surface area (TPSA) is 83.4 Å². The standard InChI is InChI=1S/C28H40Cl2N4O3S/c1-19-22(27(35)31-13-16-33-14-8-15-33)17-23(34(19)18-20-9-6-5-7-10-20)21-11-12-24(26(30)25(21)29)38(36,37)32-28(2,3)4/h11-12,17,20,32H,5-10,13-16,18H2,1-4H3,(H,31,35). The first-order valence-corrected chi connectivity index (χ1v) is 15.8. The minimum absolute atomic E-state index is 0.0236. The summed E-state index contributed by atoms with van der Waals surface area (Å²) in [7, 11) is -3.88. The highest BCUT2D eigenvalue weighted by Gasteiger charge is 2.28. The Morgan fingerprint density at radius 3 is 2.34 bits per heavy atom. The molecule has 0 atom stereocenters. The fraction of sp³-hybridized carbons (Fsp3) is 0.607. The Balaban J connectivity index is 1.69. The van der Waals surface area contributed by atoms with Crippen molar-refractivity contribution in [3.63, 3.8) is 0 Å². The molecule has 4 rings (SSSR count). The molecule has 2 heterocycles. The highest BCUT2D eigenvalue weighted by molar-refractivity contribution is 7.89. The Morgan fingerprint density at radius 1 is 1.05 bits per heavy atom. The minimum Gasteiger partial charge on any atom is -0.351 e. The van der Waals surface area contributed by atoms with Crippen molar-refractivity contribution >= 4 is 39.1 Å². The molecule has 1 saturated carbocycles. The second kappa shape index (κ2) is 11.9. The number of hydrogen-bond donors (Lipinski definition) is 2.